The Bertz CT molecular complexity index is 976. The Balaban J connectivity index is 1.69. The first-order valence-electron chi connectivity index (χ1n) is 7.76. The van der Waals surface area contributed by atoms with Gasteiger partial charge in [0, 0.05) is 41.4 Å². The summed E-state index contributed by atoms with van der Waals surface area (Å²) in [5.41, 5.74) is 2.84. The van der Waals surface area contributed by atoms with Gasteiger partial charge in [-0.15, -0.1) is 11.8 Å². The molecule has 0 fully saturated rings. The van der Waals surface area contributed by atoms with Crippen molar-refractivity contribution in [1.82, 2.24) is 24.7 Å². The number of fused-ring (bicyclic) bond motifs is 1. The number of hydrogen-bond donors (Lipinski definition) is 2. The molecular weight excluding hydrogens is 340 g/mol. The van der Waals surface area contributed by atoms with Gasteiger partial charge in [0.15, 0.2) is 0 Å². The number of aliphatic carboxylic acids is 1. The highest BCUT2D eigenvalue weighted by Gasteiger charge is 2.19. The van der Waals surface area contributed by atoms with E-state index in [2.05, 4.69) is 25.0 Å². The maximum atomic E-state index is 10.8. The van der Waals surface area contributed by atoms with Crippen LogP contribution in [0.25, 0.3) is 15.9 Å². The van der Waals surface area contributed by atoms with Crippen molar-refractivity contribution in [2.45, 2.75) is 13.5 Å². The minimum Gasteiger partial charge on any atom is -0.480 e. The lowest BCUT2D eigenvalue weighted by molar-refractivity contribution is -0.137. The molecule has 1 aliphatic heterocycles. The van der Waals surface area contributed by atoms with Crippen molar-refractivity contribution in [3.05, 3.63) is 42.2 Å². The molecule has 0 amide bonds. The number of nitrogens with one attached hydrogen (secondary N) is 1. The van der Waals surface area contributed by atoms with E-state index in [9.17, 15) is 4.79 Å². The second-order valence-electron chi connectivity index (χ2n) is 5.75. The van der Waals surface area contributed by atoms with Gasteiger partial charge in [-0.25, -0.2) is 9.97 Å². The highest BCUT2D eigenvalue weighted by Crippen LogP contribution is 2.35. The van der Waals surface area contributed by atoms with E-state index in [0.29, 0.717) is 0 Å². The minimum atomic E-state index is -0.909. The fourth-order valence-electron chi connectivity index (χ4n) is 2.85. The van der Waals surface area contributed by atoms with Crippen LogP contribution in [0.1, 0.15) is 11.1 Å². The van der Waals surface area contributed by atoms with Crippen LogP contribution in [0.3, 0.4) is 0 Å². The summed E-state index contributed by atoms with van der Waals surface area (Å²) < 4.78 is 1.43. The van der Waals surface area contributed by atoms with E-state index in [1.807, 2.05) is 19.3 Å². The minimum absolute atomic E-state index is 0.142. The van der Waals surface area contributed by atoms with Gasteiger partial charge < -0.3 is 15.0 Å². The third-order valence-corrected chi connectivity index (χ3v) is 5.04. The van der Waals surface area contributed by atoms with E-state index in [0.717, 1.165) is 45.2 Å². The van der Waals surface area contributed by atoms with E-state index < -0.39 is 5.97 Å². The molecule has 0 aliphatic carbocycles. The monoisotopic (exact) mass is 356 g/mol. The van der Waals surface area contributed by atoms with Crippen molar-refractivity contribution >= 4 is 39.5 Å². The number of nitrogens with zero attached hydrogens (tertiary/aromatic N) is 5. The second-order valence-corrected chi connectivity index (χ2v) is 6.88. The average molecular weight is 356 g/mol. The fourth-order valence-corrected chi connectivity index (χ4v) is 3.84. The van der Waals surface area contributed by atoms with Gasteiger partial charge >= 0.3 is 5.97 Å². The Morgan fingerprint density at radius 2 is 2.32 bits per heavy atom. The topological polar surface area (TPSA) is 99.9 Å². The standard InChI is InChI=1S/C16H16N6O2S/c1-10-4-17-15-14(10)16(19-9-18-15)21-2-3-25-12(7-21)11-5-20-22(6-11)8-13(23)24/h4-7,9H,2-3,8H2,1H3,(H,23,24)(H,17,18,19). The van der Waals surface area contributed by atoms with Crippen molar-refractivity contribution in [2.24, 2.45) is 0 Å². The Morgan fingerprint density at radius 3 is 3.16 bits per heavy atom. The van der Waals surface area contributed by atoms with E-state index in [-0.39, 0.29) is 6.54 Å². The molecule has 0 aromatic carbocycles. The summed E-state index contributed by atoms with van der Waals surface area (Å²) in [6, 6.07) is 0. The number of aromatic nitrogens is 5. The van der Waals surface area contributed by atoms with Crippen LogP contribution in [0.2, 0.25) is 0 Å². The first-order chi connectivity index (χ1) is 12.1. The summed E-state index contributed by atoms with van der Waals surface area (Å²) in [7, 11) is 0. The summed E-state index contributed by atoms with van der Waals surface area (Å²) in [5, 5.41) is 14.0. The predicted octanol–water partition coefficient (Wildman–Crippen LogP) is 2.10. The Kier molecular flexibility index (Phi) is 3.92. The number of hydrogen-bond acceptors (Lipinski definition) is 6. The number of rotatable bonds is 4. The largest absolute Gasteiger partial charge is 0.480 e. The van der Waals surface area contributed by atoms with Crippen LogP contribution >= 0.6 is 11.8 Å². The molecule has 0 atom stereocenters. The molecule has 0 bridgehead atoms. The summed E-state index contributed by atoms with van der Waals surface area (Å²) >= 11 is 1.73. The van der Waals surface area contributed by atoms with Crippen molar-refractivity contribution in [1.29, 1.82) is 0 Å². The molecule has 3 aromatic rings. The molecule has 4 rings (SSSR count). The number of thioether (sulfide) groups is 1. The van der Waals surface area contributed by atoms with Gasteiger partial charge in [0.1, 0.15) is 24.3 Å². The normalized spacial score (nSPS) is 14.8. The zero-order valence-corrected chi connectivity index (χ0v) is 14.3. The summed E-state index contributed by atoms with van der Waals surface area (Å²) in [4.78, 5) is 25.9. The number of H-pyrrole nitrogens is 1. The molecule has 3 aromatic heterocycles. The zero-order chi connectivity index (χ0) is 17.4. The molecule has 0 unspecified atom stereocenters. The SMILES string of the molecule is Cc1c[nH]c2ncnc(N3C=C(c4cnn(CC(=O)O)c4)SCC3)c12. The number of carboxylic acids is 1. The van der Waals surface area contributed by atoms with Gasteiger partial charge in [0.25, 0.3) is 0 Å². The van der Waals surface area contributed by atoms with Gasteiger partial charge in [0.05, 0.1) is 11.6 Å². The molecular formula is C16H16N6O2S. The van der Waals surface area contributed by atoms with Crippen LogP contribution in [0, 0.1) is 6.92 Å². The molecule has 0 saturated heterocycles. The molecule has 0 spiro atoms. The van der Waals surface area contributed by atoms with Gasteiger partial charge in [-0.3, -0.25) is 9.48 Å². The highest BCUT2D eigenvalue weighted by molar-refractivity contribution is 8.08. The second kappa shape index (κ2) is 6.25. The van der Waals surface area contributed by atoms with Crippen LogP contribution in [-0.2, 0) is 11.3 Å². The molecule has 0 saturated carbocycles. The number of carbonyl (C=O) groups is 1. The molecule has 128 valence electrons. The number of carboxylic acid groups (broad SMARTS) is 1. The zero-order valence-electron chi connectivity index (χ0n) is 13.5. The van der Waals surface area contributed by atoms with E-state index >= 15 is 0 Å². The average Bonchev–Trinajstić information content (AvgIpc) is 3.22. The lowest BCUT2D eigenvalue weighted by Gasteiger charge is -2.25. The third kappa shape index (κ3) is 2.98. The van der Waals surface area contributed by atoms with Crippen LogP contribution in [0.15, 0.2) is 31.1 Å². The highest BCUT2D eigenvalue weighted by atomic mass is 32.2. The van der Waals surface area contributed by atoms with Gasteiger partial charge in [-0.2, -0.15) is 5.10 Å². The maximum absolute atomic E-state index is 10.8. The Hall–Kier alpha value is -2.81. The molecule has 2 N–H and O–H groups in total. The molecule has 9 heteroatoms. The van der Waals surface area contributed by atoms with Crippen molar-refractivity contribution in [3.63, 3.8) is 0 Å². The quantitative estimate of drug-likeness (QED) is 0.738. The summed E-state index contributed by atoms with van der Waals surface area (Å²) in [5.74, 6) is 0.873. The number of anilines is 1. The Morgan fingerprint density at radius 1 is 1.44 bits per heavy atom. The van der Waals surface area contributed by atoms with Crippen LogP contribution < -0.4 is 4.90 Å². The number of aromatic amines is 1. The fraction of sp³-hybridized carbons (Fsp3) is 0.250. The molecule has 25 heavy (non-hydrogen) atoms. The molecule has 8 nitrogen and oxygen atoms in total. The van der Waals surface area contributed by atoms with Gasteiger partial charge in [-0.1, -0.05) is 0 Å². The van der Waals surface area contributed by atoms with E-state index in [1.54, 1.807) is 30.5 Å². The summed E-state index contributed by atoms with van der Waals surface area (Å²) in [6.45, 7) is 2.73. The van der Waals surface area contributed by atoms with Gasteiger partial charge in [-0.05, 0) is 12.5 Å². The van der Waals surface area contributed by atoms with Crippen LogP contribution in [-0.4, -0.2) is 48.1 Å². The third-order valence-electron chi connectivity index (χ3n) is 4.00. The van der Waals surface area contributed by atoms with Crippen LogP contribution in [0.4, 0.5) is 5.82 Å². The van der Waals surface area contributed by atoms with Gasteiger partial charge in [0.2, 0.25) is 0 Å². The first-order valence-corrected chi connectivity index (χ1v) is 8.75. The van der Waals surface area contributed by atoms with Crippen molar-refractivity contribution in [2.75, 3.05) is 17.2 Å². The molecule has 4 heterocycles. The van der Waals surface area contributed by atoms with Crippen molar-refractivity contribution < 1.29 is 9.90 Å². The van der Waals surface area contributed by atoms with E-state index in [4.69, 9.17) is 5.11 Å². The predicted molar refractivity (Wildman–Crippen MR) is 96.3 cm³/mol. The summed E-state index contributed by atoms with van der Waals surface area (Å²) in [6.07, 6.45) is 9.00. The van der Waals surface area contributed by atoms with E-state index in [1.165, 1.54) is 4.68 Å². The maximum Gasteiger partial charge on any atom is 0.325 e. The molecule has 1 aliphatic rings. The lowest BCUT2D eigenvalue weighted by atomic mass is 10.2. The lowest BCUT2D eigenvalue weighted by Crippen LogP contribution is -2.24. The Labute approximate surface area is 147 Å². The van der Waals surface area contributed by atoms with Crippen molar-refractivity contribution in [3.8, 4) is 0 Å². The molecule has 0 radical (unpaired) electrons. The van der Waals surface area contributed by atoms with Crippen LogP contribution in [0.5, 0.6) is 0 Å². The smallest absolute Gasteiger partial charge is 0.325 e. The number of aryl methyl sites for hydroxylation is 1. The first kappa shape index (κ1) is 15.7.